The molecule has 0 radical (unpaired) electrons. The van der Waals surface area contributed by atoms with E-state index in [2.05, 4.69) is 15.9 Å². The van der Waals surface area contributed by atoms with E-state index in [-0.39, 0.29) is 24.3 Å². The van der Waals surface area contributed by atoms with Crippen LogP contribution in [-0.2, 0) is 26.8 Å². The standard InChI is InChI=1S/C23H21BrN2O7S4/c24-15-3-5-19-17(13-15)25(8-1-11-36(27,28)29)21(34-19)14-22-26(9-2-12-37(30,31)32)23-16-7-10-33-18(16)4-6-20(23)35-22/h3-7,10,13-14H,1-2,8-9,11-12H2,(H-,27,28,29,30,31,32)/p+1. The molecule has 2 aromatic carbocycles. The maximum atomic E-state index is 11.4. The maximum Gasteiger partial charge on any atom is 0.265 e. The molecule has 196 valence electrons. The van der Waals surface area contributed by atoms with Crippen molar-refractivity contribution in [2.24, 2.45) is 0 Å². The normalized spacial score (nSPS) is 15.3. The summed E-state index contributed by atoms with van der Waals surface area (Å²) in [5.74, 6) is -0.702. The van der Waals surface area contributed by atoms with E-state index in [1.165, 1.54) is 0 Å². The minimum absolute atomic E-state index is 0.220. The highest BCUT2D eigenvalue weighted by atomic mass is 79.9. The number of thioether (sulfide) groups is 1. The molecule has 2 N–H and O–H groups in total. The lowest BCUT2D eigenvalue weighted by atomic mass is 10.2. The minimum Gasteiger partial charge on any atom is -0.464 e. The van der Waals surface area contributed by atoms with Gasteiger partial charge in [0.15, 0.2) is 6.54 Å². The van der Waals surface area contributed by atoms with Gasteiger partial charge >= 0.3 is 0 Å². The van der Waals surface area contributed by atoms with Crippen LogP contribution in [0.5, 0.6) is 0 Å². The Morgan fingerprint density at radius 1 is 1.03 bits per heavy atom. The quantitative estimate of drug-likeness (QED) is 0.187. The van der Waals surface area contributed by atoms with Gasteiger partial charge in [0.1, 0.15) is 10.3 Å². The largest absolute Gasteiger partial charge is 0.464 e. The zero-order valence-corrected chi connectivity index (χ0v) is 24.1. The molecule has 0 fully saturated rings. The summed E-state index contributed by atoms with van der Waals surface area (Å²) < 4.78 is 73.3. The molecule has 0 unspecified atom stereocenters. The van der Waals surface area contributed by atoms with Crippen LogP contribution >= 0.6 is 39.0 Å². The van der Waals surface area contributed by atoms with Gasteiger partial charge in [0, 0.05) is 22.3 Å². The molecule has 1 aliphatic heterocycles. The second kappa shape index (κ2) is 10.3. The Labute approximate surface area is 230 Å². The molecule has 5 rings (SSSR count). The fourth-order valence-corrected chi connectivity index (χ4v) is 7.96. The first kappa shape index (κ1) is 26.7. The highest BCUT2D eigenvalue weighted by Gasteiger charge is 2.29. The van der Waals surface area contributed by atoms with E-state index >= 15 is 0 Å². The Morgan fingerprint density at radius 3 is 2.54 bits per heavy atom. The van der Waals surface area contributed by atoms with Crippen LogP contribution in [0.25, 0.3) is 27.3 Å². The molecule has 0 bridgehead atoms. The van der Waals surface area contributed by atoms with Crippen LogP contribution in [0.2, 0.25) is 0 Å². The van der Waals surface area contributed by atoms with Crippen molar-refractivity contribution in [3.8, 4) is 0 Å². The van der Waals surface area contributed by atoms with Crippen LogP contribution < -0.4 is 9.47 Å². The van der Waals surface area contributed by atoms with Crippen LogP contribution in [0.15, 0.2) is 61.5 Å². The predicted molar refractivity (Wildman–Crippen MR) is 149 cm³/mol. The highest BCUT2D eigenvalue weighted by Crippen LogP contribution is 2.48. The molecular formula is C23H22BrN2O7S4+. The maximum absolute atomic E-state index is 11.4. The number of hydrogen-bond donors (Lipinski definition) is 2. The third-order valence-electron chi connectivity index (χ3n) is 5.83. The smallest absolute Gasteiger partial charge is 0.265 e. The number of rotatable bonds is 9. The van der Waals surface area contributed by atoms with Crippen molar-refractivity contribution in [3.63, 3.8) is 0 Å². The molecule has 9 nitrogen and oxygen atoms in total. The zero-order valence-electron chi connectivity index (χ0n) is 19.2. The lowest BCUT2D eigenvalue weighted by molar-refractivity contribution is -0.667. The second-order valence-corrected chi connectivity index (χ2v) is 14.6. The van der Waals surface area contributed by atoms with Crippen molar-refractivity contribution in [1.82, 2.24) is 0 Å². The zero-order chi connectivity index (χ0) is 26.4. The number of aromatic nitrogens is 1. The van der Waals surface area contributed by atoms with E-state index in [0.717, 1.165) is 40.7 Å². The average Bonchev–Trinajstić information content (AvgIpc) is 3.48. The van der Waals surface area contributed by atoms with E-state index in [1.54, 1.807) is 29.4 Å². The van der Waals surface area contributed by atoms with Crippen molar-refractivity contribution in [2.75, 3.05) is 23.0 Å². The van der Waals surface area contributed by atoms with Gasteiger partial charge < -0.3 is 9.32 Å². The SMILES string of the molecule is O=S(=O)(O)CCCN1C(=Cc2sc3ccc4occc4c3[n+]2CCCS(=O)(=O)O)Sc2ccc(Br)cc21. The molecule has 14 heteroatoms. The van der Waals surface area contributed by atoms with E-state index in [0.29, 0.717) is 18.7 Å². The monoisotopic (exact) mass is 645 g/mol. The Morgan fingerprint density at radius 2 is 1.78 bits per heavy atom. The summed E-state index contributed by atoms with van der Waals surface area (Å²) in [6.07, 6.45) is 4.08. The highest BCUT2D eigenvalue weighted by molar-refractivity contribution is 9.10. The summed E-state index contributed by atoms with van der Waals surface area (Å²) in [6.45, 7) is 0.733. The Balaban J connectivity index is 1.58. The van der Waals surface area contributed by atoms with Crippen LogP contribution in [0.3, 0.4) is 0 Å². The van der Waals surface area contributed by atoms with Gasteiger partial charge in [-0.3, -0.25) is 9.11 Å². The van der Waals surface area contributed by atoms with Crippen molar-refractivity contribution in [2.45, 2.75) is 24.3 Å². The fraction of sp³-hybridized carbons (Fsp3) is 0.261. The van der Waals surface area contributed by atoms with Crippen LogP contribution in [0, 0.1) is 0 Å². The number of benzene rings is 2. The number of furan rings is 1. The molecule has 0 aliphatic carbocycles. The van der Waals surface area contributed by atoms with E-state index in [4.69, 9.17) is 4.42 Å². The fourth-order valence-electron chi connectivity index (χ4n) is 4.30. The van der Waals surface area contributed by atoms with Crippen molar-refractivity contribution >= 4 is 92.2 Å². The van der Waals surface area contributed by atoms with Crippen LogP contribution in [-0.4, -0.2) is 44.0 Å². The summed E-state index contributed by atoms with van der Waals surface area (Å²) in [4.78, 5) is 3.04. The molecule has 0 spiro atoms. The first-order chi connectivity index (χ1) is 17.5. The van der Waals surface area contributed by atoms with Crippen molar-refractivity contribution in [3.05, 3.63) is 57.2 Å². The topological polar surface area (TPSA) is 129 Å². The lowest BCUT2D eigenvalue weighted by Gasteiger charge is -2.20. The van der Waals surface area contributed by atoms with E-state index < -0.39 is 20.2 Å². The molecule has 3 heterocycles. The third-order valence-corrected chi connectivity index (χ3v) is 10.1. The van der Waals surface area contributed by atoms with Crippen molar-refractivity contribution in [1.29, 1.82) is 0 Å². The number of thiazole rings is 1. The summed E-state index contributed by atoms with van der Waals surface area (Å²) in [6, 6.07) is 11.6. The van der Waals surface area contributed by atoms with E-state index in [9.17, 15) is 25.9 Å². The Hall–Kier alpha value is -1.94. The first-order valence-corrected chi connectivity index (χ1v) is 16.8. The van der Waals surface area contributed by atoms with Gasteiger partial charge in [-0.05, 0) is 42.8 Å². The van der Waals surface area contributed by atoms with Gasteiger partial charge in [0.25, 0.3) is 25.2 Å². The van der Waals surface area contributed by atoms with Gasteiger partial charge in [-0.15, -0.1) is 0 Å². The predicted octanol–water partition coefficient (Wildman–Crippen LogP) is 5.16. The molecule has 0 saturated heterocycles. The number of anilines is 1. The second-order valence-electron chi connectivity index (χ2n) is 8.46. The summed E-state index contributed by atoms with van der Waals surface area (Å²) in [5, 5.41) is 2.65. The number of aryl methyl sites for hydroxylation is 1. The van der Waals surface area contributed by atoms with Gasteiger partial charge in [0.05, 0.1) is 39.9 Å². The van der Waals surface area contributed by atoms with Crippen LogP contribution in [0.4, 0.5) is 5.69 Å². The van der Waals surface area contributed by atoms with Gasteiger partial charge in [-0.2, -0.15) is 21.4 Å². The van der Waals surface area contributed by atoms with Gasteiger partial charge in [-0.25, -0.2) is 0 Å². The van der Waals surface area contributed by atoms with Gasteiger partial charge in [0.2, 0.25) is 5.52 Å². The molecule has 2 aromatic heterocycles. The summed E-state index contributed by atoms with van der Waals surface area (Å²) in [7, 11) is -8.18. The minimum atomic E-state index is -4.10. The molecule has 4 aromatic rings. The molecule has 37 heavy (non-hydrogen) atoms. The number of fused-ring (bicyclic) bond motifs is 4. The Kier molecular flexibility index (Phi) is 7.44. The summed E-state index contributed by atoms with van der Waals surface area (Å²) >= 11 is 6.60. The summed E-state index contributed by atoms with van der Waals surface area (Å²) in [5.41, 5.74) is 2.56. The molecule has 1 aliphatic rings. The number of nitrogens with zero attached hydrogens (tertiary/aromatic N) is 2. The number of halogens is 1. The number of hydrogen-bond acceptors (Lipinski definition) is 8. The molecule has 0 amide bonds. The average molecular weight is 647 g/mol. The van der Waals surface area contributed by atoms with Crippen molar-refractivity contribution < 1.29 is 34.9 Å². The lowest BCUT2D eigenvalue weighted by Crippen LogP contribution is -2.36. The molecule has 0 saturated carbocycles. The van der Waals surface area contributed by atoms with Crippen LogP contribution in [0.1, 0.15) is 17.8 Å². The molecular weight excluding hydrogens is 624 g/mol. The van der Waals surface area contributed by atoms with Gasteiger partial charge in [-0.1, -0.05) is 39.0 Å². The third kappa shape index (κ3) is 6.05. The molecule has 0 atom stereocenters. The van der Waals surface area contributed by atoms with E-state index in [1.807, 2.05) is 51.9 Å². The Bertz CT molecular complexity index is 1740. The first-order valence-electron chi connectivity index (χ1n) is 11.2.